The highest BCUT2D eigenvalue weighted by molar-refractivity contribution is 5.89. The third kappa shape index (κ3) is 3.08. The van der Waals surface area contributed by atoms with Crippen molar-refractivity contribution in [3.05, 3.63) is 46.7 Å². The van der Waals surface area contributed by atoms with Gasteiger partial charge in [-0.05, 0) is 0 Å². The van der Waals surface area contributed by atoms with Crippen molar-refractivity contribution >= 4 is 11.7 Å². The highest BCUT2D eigenvalue weighted by Crippen LogP contribution is 2.13. The van der Waals surface area contributed by atoms with E-state index in [0.717, 1.165) is 16.5 Å². The highest BCUT2D eigenvalue weighted by atomic mass is 19.1. The van der Waals surface area contributed by atoms with Gasteiger partial charge in [0.25, 0.3) is 5.56 Å². The molecule has 0 radical (unpaired) electrons. The van der Waals surface area contributed by atoms with E-state index in [1.165, 1.54) is 11.1 Å². The summed E-state index contributed by atoms with van der Waals surface area (Å²) in [6, 6.07) is 0.504. The molecule has 0 aromatic carbocycles. The lowest BCUT2D eigenvalue weighted by Crippen LogP contribution is -2.41. The second-order valence-electron chi connectivity index (χ2n) is 5.15. The van der Waals surface area contributed by atoms with Gasteiger partial charge in [-0.3, -0.25) is 4.79 Å². The summed E-state index contributed by atoms with van der Waals surface area (Å²) in [5.41, 5.74) is -0.810. The minimum absolute atomic E-state index is 0.106. The lowest BCUT2D eigenvalue weighted by Gasteiger charge is -2.27. The predicted octanol–water partition coefficient (Wildman–Crippen LogP) is 1.20. The van der Waals surface area contributed by atoms with E-state index in [2.05, 4.69) is 10.3 Å². The van der Waals surface area contributed by atoms with Crippen LogP contribution in [-0.2, 0) is 19.6 Å². The number of hydrogen-bond acceptors (Lipinski definition) is 3. The number of aryl methyl sites for hydroxylation is 1. The summed E-state index contributed by atoms with van der Waals surface area (Å²) in [6.07, 6.45) is 4.74. The number of pyridine rings is 1. The number of alkyl halides is 1. The van der Waals surface area contributed by atoms with Crippen molar-refractivity contribution < 1.29 is 13.6 Å². The Bertz CT molecular complexity index is 786. The van der Waals surface area contributed by atoms with E-state index >= 15 is 0 Å². The second kappa shape index (κ2) is 6.19. The van der Waals surface area contributed by atoms with Crippen molar-refractivity contribution in [2.75, 3.05) is 18.5 Å². The van der Waals surface area contributed by atoms with Gasteiger partial charge in [0.05, 0.1) is 18.8 Å². The summed E-state index contributed by atoms with van der Waals surface area (Å²) in [7, 11) is 0. The maximum Gasteiger partial charge on any atom is 0.322 e. The van der Waals surface area contributed by atoms with E-state index in [4.69, 9.17) is 0 Å². The lowest BCUT2D eigenvalue weighted by atomic mass is 10.3. The molecule has 2 aromatic heterocycles. The summed E-state index contributed by atoms with van der Waals surface area (Å²) in [6.45, 7) is 0.387. The average molecular weight is 323 g/mol. The molecule has 0 aliphatic carbocycles. The van der Waals surface area contributed by atoms with Crippen molar-refractivity contribution in [1.29, 1.82) is 0 Å². The molecular weight excluding hydrogens is 308 g/mol. The number of amides is 2. The number of rotatable bonds is 3. The maximum absolute atomic E-state index is 13.6. The number of anilines is 1. The topological polar surface area (TPSA) is 72.2 Å². The zero-order valence-corrected chi connectivity index (χ0v) is 12.2. The molecule has 7 nitrogen and oxygen atoms in total. The van der Waals surface area contributed by atoms with Crippen LogP contribution in [0.15, 0.2) is 29.5 Å². The smallest absolute Gasteiger partial charge is 0.322 e. The average Bonchev–Trinajstić information content (AvgIpc) is 2.99. The fraction of sp³-hybridized carbons (Fsp3) is 0.357. The number of nitrogens with one attached hydrogen (secondary N) is 1. The first-order valence-electron chi connectivity index (χ1n) is 7.10. The van der Waals surface area contributed by atoms with E-state index < -0.39 is 24.1 Å². The quantitative estimate of drug-likeness (QED) is 0.922. The fourth-order valence-corrected chi connectivity index (χ4v) is 2.47. The largest absolute Gasteiger partial charge is 0.332 e. The van der Waals surface area contributed by atoms with Gasteiger partial charge in [0.15, 0.2) is 5.82 Å². The molecule has 2 amide bonds. The van der Waals surface area contributed by atoms with E-state index in [0.29, 0.717) is 19.6 Å². The number of imidazole rings is 1. The van der Waals surface area contributed by atoms with Crippen LogP contribution < -0.4 is 10.9 Å². The Morgan fingerprint density at radius 3 is 3.00 bits per heavy atom. The van der Waals surface area contributed by atoms with Gasteiger partial charge in [-0.25, -0.2) is 18.6 Å². The molecule has 2 aromatic rings. The predicted molar refractivity (Wildman–Crippen MR) is 78.3 cm³/mol. The van der Waals surface area contributed by atoms with Crippen molar-refractivity contribution in [1.82, 2.24) is 19.0 Å². The summed E-state index contributed by atoms with van der Waals surface area (Å²) in [4.78, 5) is 29.4. The molecule has 122 valence electrons. The number of carbonyl (C=O) groups is 1. The SMILES string of the molecule is O=C(Nc1cc(F)c(=O)n(CCF)c1)N1CCn2ccnc2C1. The molecule has 0 spiro atoms. The first kappa shape index (κ1) is 15.2. The number of urea groups is 1. The van der Waals surface area contributed by atoms with Crippen LogP contribution in [0.5, 0.6) is 0 Å². The number of hydrogen-bond donors (Lipinski definition) is 1. The second-order valence-corrected chi connectivity index (χ2v) is 5.15. The van der Waals surface area contributed by atoms with Crippen molar-refractivity contribution in [2.45, 2.75) is 19.6 Å². The van der Waals surface area contributed by atoms with Crippen LogP contribution in [0, 0.1) is 5.82 Å². The third-order valence-electron chi connectivity index (χ3n) is 3.65. The molecule has 0 fully saturated rings. The molecule has 1 N–H and O–H groups in total. The maximum atomic E-state index is 13.6. The van der Waals surface area contributed by atoms with Crippen LogP contribution in [0.1, 0.15) is 5.82 Å². The van der Waals surface area contributed by atoms with Gasteiger partial charge in [-0.15, -0.1) is 0 Å². The zero-order valence-electron chi connectivity index (χ0n) is 12.2. The molecule has 3 rings (SSSR count). The lowest BCUT2D eigenvalue weighted by molar-refractivity contribution is 0.195. The molecule has 1 aliphatic rings. The highest BCUT2D eigenvalue weighted by Gasteiger charge is 2.21. The van der Waals surface area contributed by atoms with Crippen LogP contribution in [0.2, 0.25) is 0 Å². The minimum Gasteiger partial charge on any atom is -0.332 e. The Morgan fingerprint density at radius 1 is 1.39 bits per heavy atom. The van der Waals surface area contributed by atoms with Crippen molar-refractivity contribution in [3.63, 3.8) is 0 Å². The van der Waals surface area contributed by atoms with Gasteiger partial charge < -0.3 is 19.4 Å². The minimum atomic E-state index is -1.04. The Kier molecular flexibility index (Phi) is 4.09. The molecule has 0 unspecified atom stereocenters. The zero-order chi connectivity index (χ0) is 16.4. The van der Waals surface area contributed by atoms with Crippen LogP contribution in [0.3, 0.4) is 0 Å². The van der Waals surface area contributed by atoms with E-state index in [1.54, 1.807) is 6.20 Å². The molecule has 3 heterocycles. The molecule has 9 heteroatoms. The number of aromatic nitrogens is 3. The van der Waals surface area contributed by atoms with E-state index in [-0.39, 0.29) is 12.2 Å². The van der Waals surface area contributed by atoms with Gasteiger partial charge >= 0.3 is 6.03 Å². The fourth-order valence-electron chi connectivity index (χ4n) is 2.47. The Morgan fingerprint density at radius 2 is 2.22 bits per heavy atom. The van der Waals surface area contributed by atoms with Gasteiger partial charge in [0.1, 0.15) is 12.5 Å². The van der Waals surface area contributed by atoms with Crippen LogP contribution in [-0.4, -0.2) is 38.3 Å². The number of carbonyl (C=O) groups excluding carboxylic acids is 1. The summed E-state index contributed by atoms with van der Waals surface area (Å²) in [5, 5.41) is 2.53. The monoisotopic (exact) mass is 323 g/mol. The van der Waals surface area contributed by atoms with Crippen LogP contribution >= 0.6 is 0 Å². The van der Waals surface area contributed by atoms with Crippen LogP contribution in [0.4, 0.5) is 19.3 Å². The van der Waals surface area contributed by atoms with Gasteiger partial charge in [-0.1, -0.05) is 0 Å². The molecule has 0 bridgehead atoms. The molecule has 1 aliphatic heterocycles. The molecular formula is C14H15F2N5O2. The third-order valence-corrected chi connectivity index (χ3v) is 3.65. The van der Waals surface area contributed by atoms with Gasteiger partial charge in [-0.2, -0.15) is 0 Å². The number of fused-ring (bicyclic) bond motifs is 1. The summed E-state index contributed by atoms with van der Waals surface area (Å²) < 4.78 is 28.8. The van der Waals surface area contributed by atoms with Gasteiger partial charge in [0, 0.05) is 37.7 Å². The Labute approximate surface area is 130 Å². The molecule has 0 saturated heterocycles. The number of halogens is 2. The molecule has 23 heavy (non-hydrogen) atoms. The first-order valence-corrected chi connectivity index (χ1v) is 7.10. The van der Waals surface area contributed by atoms with Crippen molar-refractivity contribution in [2.24, 2.45) is 0 Å². The Hall–Kier alpha value is -2.71. The standard InChI is InChI=1S/C14H15F2N5O2/c15-1-3-20-8-10(7-11(16)13(20)22)18-14(23)21-6-5-19-4-2-17-12(19)9-21/h2,4,7-8H,1,3,5-6,9H2,(H,18,23). The normalized spacial score (nSPS) is 13.7. The van der Waals surface area contributed by atoms with Crippen molar-refractivity contribution in [3.8, 4) is 0 Å². The van der Waals surface area contributed by atoms with Crippen LogP contribution in [0.25, 0.3) is 0 Å². The molecule has 0 atom stereocenters. The van der Waals surface area contributed by atoms with E-state index in [9.17, 15) is 18.4 Å². The Balaban J connectivity index is 1.74. The van der Waals surface area contributed by atoms with Gasteiger partial charge in [0.2, 0.25) is 0 Å². The summed E-state index contributed by atoms with van der Waals surface area (Å²) >= 11 is 0. The first-order chi connectivity index (χ1) is 11.1. The van der Waals surface area contributed by atoms with E-state index in [1.807, 2.05) is 10.8 Å². The number of nitrogens with zero attached hydrogens (tertiary/aromatic N) is 4. The summed E-state index contributed by atoms with van der Waals surface area (Å²) in [5.74, 6) is -0.273. The molecule has 0 saturated carbocycles.